The van der Waals surface area contributed by atoms with E-state index in [1.807, 2.05) is 6.92 Å². The maximum Gasteiger partial charge on any atom is 0.325 e. The van der Waals surface area contributed by atoms with Gasteiger partial charge in [0.15, 0.2) is 0 Å². The van der Waals surface area contributed by atoms with Gasteiger partial charge in [0.05, 0.1) is 6.61 Å². The number of rotatable bonds is 4. The van der Waals surface area contributed by atoms with E-state index in [0.29, 0.717) is 6.61 Å². The third-order valence-corrected chi connectivity index (χ3v) is 4.07. The molecule has 0 bridgehead atoms. The van der Waals surface area contributed by atoms with Crippen LogP contribution in [0.1, 0.15) is 34.1 Å². The molecule has 88 valence electrons. The second kappa shape index (κ2) is 4.42. The molecule has 3 nitrogen and oxygen atoms in total. The van der Waals surface area contributed by atoms with E-state index < -0.39 is 4.32 Å². The molecule has 1 rings (SSSR count). The van der Waals surface area contributed by atoms with Crippen molar-refractivity contribution in [1.29, 1.82) is 0 Å². The monoisotopic (exact) mass is 277 g/mol. The number of likely N-dealkylation sites (tertiary alicyclic amines) is 1. The number of alkyl halides is 1. The Bertz CT molecular complexity index is 247. The van der Waals surface area contributed by atoms with Gasteiger partial charge in [0.1, 0.15) is 4.32 Å². The van der Waals surface area contributed by atoms with Crippen LogP contribution >= 0.6 is 15.9 Å². The molecule has 0 unspecified atom stereocenters. The van der Waals surface area contributed by atoms with Gasteiger partial charge in [-0.15, -0.1) is 0 Å². The van der Waals surface area contributed by atoms with Crippen LogP contribution in [0.15, 0.2) is 0 Å². The van der Waals surface area contributed by atoms with E-state index in [0.717, 1.165) is 19.5 Å². The Hall–Kier alpha value is -0.0900. The second-order valence-electron chi connectivity index (χ2n) is 4.71. The molecule has 1 saturated heterocycles. The predicted molar refractivity (Wildman–Crippen MR) is 64.2 cm³/mol. The van der Waals surface area contributed by atoms with Crippen LogP contribution in [0.25, 0.3) is 0 Å². The number of carbonyl (C=O) groups excluding carboxylic acids is 1. The first kappa shape index (κ1) is 13.0. The lowest BCUT2D eigenvalue weighted by molar-refractivity contribution is -0.152. The van der Waals surface area contributed by atoms with Crippen LogP contribution in [0.2, 0.25) is 0 Å². The van der Waals surface area contributed by atoms with Crippen LogP contribution in [0.3, 0.4) is 0 Å². The first-order chi connectivity index (χ1) is 6.85. The van der Waals surface area contributed by atoms with E-state index in [1.54, 1.807) is 0 Å². The highest BCUT2D eigenvalue weighted by atomic mass is 79.9. The van der Waals surface area contributed by atoms with Crippen molar-refractivity contribution in [2.24, 2.45) is 0 Å². The molecule has 1 heterocycles. The van der Waals surface area contributed by atoms with Crippen LogP contribution in [0.5, 0.6) is 0 Å². The van der Waals surface area contributed by atoms with Crippen LogP contribution in [-0.2, 0) is 9.53 Å². The Labute approximate surface area is 100 Å². The molecule has 4 heteroatoms. The lowest BCUT2D eigenvalue weighted by atomic mass is 9.89. The fraction of sp³-hybridized carbons (Fsp3) is 0.909. The van der Waals surface area contributed by atoms with Gasteiger partial charge in [-0.3, -0.25) is 9.69 Å². The average molecular weight is 278 g/mol. The quantitative estimate of drug-likeness (QED) is 0.583. The molecule has 1 aliphatic heterocycles. The van der Waals surface area contributed by atoms with Gasteiger partial charge in [-0.1, -0.05) is 22.9 Å². The van der Waals surface area contributed by atoms with Crippen molar-refractivity contribution in [2.45, 2.75) is 44.0 Å². The van der Waals surface area contributed by atoms with Crippen molar-refractivity contribution in [3.8, 4) is 0 Å². The Kier molecular flexibility index (Phi) is 3.82. The summed E-state index contributed by atoms with van der Waals surface area (Å²) < 4.78 is 4.57. The van der Waals surface area contributed by atoms with Crippen molar-refractivity contribution in [3.05, 3.63) is 0 Å². The Balaban J connectivity index is 2.51. The zero-order valence-corrected chi connectivity index (χ0v) is 11.6. The van der Waals surface area contributed by atoms with Crippen molar-refractivity contribution in [3.63, 3.8) is 0 Å². The lowest BCUT2D eigenvalue weighted by Crippen LogP contribution is -2.68. The van der Waals surface area contributed by atoms with E-state index in [-0.39, 0.29) is 11.5 Å². The molecular weight excluding hydrogens is 258 g/mol. The van der Waals surface area contributed by atoms with Crippen LogP contribution in [0, 0.1) is 0 Å². The zero-order valence-electron chi connectivity index (χ0n) is 9.97. The number of hydrogen-bond donors (Lipinski definition) is 0. The zero-order chi connectivity index (χ0) is 11.7. The third-order valence-electron chi connectivity index (χ3n) is 3.25. The van der Waals surface area contributed by atoms with Gasteiger partial charge in [0, 0.05) is 18.6 Å². The predicted octanol–water partition coefficient (Wildman–Crippen LogP) is 2.19. The van der Waals surface area contributed by atoms with Crippen LogP contribution in [-0.4, -0.2) is 40.4 Å². The van der Waals surface area contributed by atoms with Gasteiger partial charge in [-0.25, -0.2) is 0 Å². The Morgan fingerprint density at radius 2 is 2.00 bits per heavy atom. The minimum absolute atomic E-state index is 0.131. The largest absolute Gasteiger partial charge is 0.465 e. The topological polar surface area (TPSA) is 29.5 Å². The summed E-state index contributed by atoms with van der Waals surface area (Å²) in [4.78, 5) is 13.9. The van der Waals surface area contributed by atoms with Gasteiger partial charge in [-0.2, -0.15) is 0 Å². The van der Waals surface area contributed by atoms with E-state index in [1.165, 1.54) is 0 Å². The molecule has 0 aromatic rings. The SMILES string of the molecule is CCOC(=O)C1(Br)CN(C(C)(C)CC)C1. The molecule has 0 N–H and O–H groups in total. The molecule has 0 aromatic carbocycles. The molecule has 0 saturated carbocycles. The van der Waals surface area contributed by atoms with Gasteiger partial charge in [0.25, 0.3) is 0 Å². The van der Waals surface area contributed by atoms with Gasteiger partial charge >= 0.3 is 5.97 Å². The van der Waals surface area contributed by atoms with Gasteiger partial charge < -0.3 is 4.74 Å². The second-order valence-corrected chi connectivity index (χ2v) is 6.23. The third kappa shape index (κ3) is 2.53. The first-order valence-electron chi connectivity index (χ1n) is 5.47. The number of carbonyl (C=O) groups is 1. The highest BCUT2D eigenvalue weighted by Crippen LogP contribution is 2.37. The van der Waals surface area contributed by atoms with Crippen LogP contribution in [0.4, 0.5) is 0 Å². The Morgan fingerprint density at radius 3 is 2.40 bits per heavy atom. The molecule has 15 heavy (non-hydrogen) atoms. The summed E-state index contributed by atoms with van der Waals surface area (Å²) in [5.74, 6) is -0.131. The molecule has 0 atom stereocenters. The number of halogens is 1. The standard InChI is InChI=1S/C11H20BrNO2/c1-5-10(3,4)13-7-11(12,8-13)9(14)15-6-2/h5-8H2,1-4H3. The van der Waals surface area contributed by atoms with Crippen molar-refractivity contribution in [1.82, 2.24) is 4.90 Å². The summed E-state index contributed by atoms with van der Waals surface area (Å²) >= 11 is 3.48. The number of ether oxygens (including phenoxy) is 1. The van der Waals surface area contributed by atoms with Crippen molar-refractivity contribution >= 4 is 21.9 Å². The molecular formula is C11H20BrNO2. The average Bonchev–Trinajstić information content (AvgIpc) is 2.13. The number of esters is 1. The molecule has 1 fully saturated rings. The number of nitrogens with zero attached hydrogens (tertiary/aromatic N) is 1. The fourth-order valence-electron chi connectivity index (χ4n) is 1.60. The normalized spacial score (nSPS) is 20.9. The molecule has 0 aliphatic carbocycles. The van der Waals surface area contributed by atoms with E-state index in [2.05, 4.69) is 41.6 Å². The van der Waals surface area contributed by atoms with Gasteiger partial charge in [-0.05, 0) is 27.2 Å². The molecule has 0 radical (unpaired) electrons. The maximum absolute atomic E-state index is 11.6. The van der Waals surface area contributed by atoms with E-state index >= 15 is 0 Å². The summed E-state index contributed by atoms with van der Waals surface area (Å²) in [6.07, 6.45) is 1.08. The van der Waals surface area contributed by atoms with Crippen molar-refractivity contribution in [2.75, 3.05) is 19.7 Å². The first-order valence-corrected chi connectivity index (χ1v) is 6.26. The fourth-order valence-corrected chi connectivity index (χ4v) is 2.32. The highest BCUT2D eigenvalue weighted by Gasteiger charge is 2.52. The van der Waals surface area contributed by atoms with Gasteiger partial charge in [0.2, 0.25) is 0 Å². The summed E-state index contributed by atoms with van der Waals surface area (Å²) in [5.41, 5.74) is 0.170. The number of hydrogen-bond acceptors (Lipinski definition) is 3. The summed E-state index contributed by atoms with van der Waals surface area (Å²) in [6, 6.07) is 0. The highest BCUT2D eigenvalue weighted by molar-refractivity contribution is 9.10. The Morgan fingerprint density at radius 1 is 1.47 bits per heavy atom. The minimum Gasteiger partial charge on any atom is -0.465 e. The van der Waals surface area contributed by atoms with E-state index in [9.17, 15) is 4.79 Å². The molecule has 0 spiro atoms. The lowest BCUT2D eigenvalue weighted by Gasteiger charge is -2.52. The van der Waals surface area contributed by atoms with Crippen LogP contribution < -0.4 is 0 Å². The minimum atomic E-state index is -0.463. The summed E-state index contributed by atoms with van der Waals surface area (Å²) in [5, 5.41) is 0. The smallest absolute Gasteiger partial charge is 0.325 e. The maximum atomic E-state index is 11.6. The molecule has 1 aliphatic rings. The molecule has 0 amide bonds. The van der Waals surface area contributed by atoms with E-state index in [4.69, 9.17) is 4.74 Å². The molecule has 0 aromatic heterocycles. The summed E-state index contributed by atoms with van der Waals surface area (Å²) in [6.45, 7) is 10.3. The summed E-state index contributed by atoms with van der Waals surface area (Å²) in [7, 11) is 0. The van der Waals surface area contributed by atoms with Crippen molar-refractivity contribution < 1.29 is 9.53 Å².